The van der Waals surface area contributed by atoms with E-state index in [1.807, 2.05) is 36.0 Å². The average molecular weight is 261 g/mol. The smallest absolute Gasteiger partial charge is 0.256 e. The molecule has 1 fully saturated rings. The number of nitrogen functional groups attached to an aromatic ring is 1. The van der Waals surface area contributed by atoms with Crippen molar-refractivity contribution in [3.8, 4) is 0 Å². The Bertz CT molecular complexity index is 470. The van der Waals surface area contributed by atoms with Crippen molar-refractivity contribution >= 4 is 17.3 Å². The lowest BCUT2D eigenvalue weighted by Gasteiger charge is -2.32. The van der Waals surface area contributed by atoms with Gasteiger partial charge >= 0.3 is 0 Å². The summed E-state index contributed by atoms with van der Waals surface area (Å²) in [6.07, 6.45) is 2.30. The van der Waals surface area contributed by atoms with E-state index in [0.717, 1.165) is 25.2 Å². The predicted molar refractivity (Wildman–Crippen MR) is 79.5 cm³/mol. The minimum Gasteiger partial charge on any atom is -0.399 e. The van der Waals surface area contributed by atoms with E-state index in [2.05, 4.69) is 6.92 Å². The summed E-state index contributed by atoms with van der Waals surface area (Å²) in [7, 11) is 3.89. The van der Waals surface area contributed by atoms with E-state index in [0.29, 0.717) is 17.2 Å². The van der Waals surface area contributed by atoms with Crippen LogP contribution in [-0.2, 0) is 0 Å². The van der Waals surface area contributed by atoms with Crippen LogP contribution in [0.25, 0.3) is 0 Å². The summed E-state index contributed by atoms with van der Waals surface area (Å²) >= 11 is 0. The molecular formula is C15H23N3O. The highest BCUT2D eigenvalue weighted by Crippen LogP contribution is 2.25. The van der Waals surface area contributed by atoms with Gasteiger partial charge in [-0.1, -0.05) is 6.92 Å². The Hall–Kier alpha value is -1.71. The first-order chi connectivity index (χ1) is 8.99. The number of anilines is 2. The van der Waals surface area contributed by atoms with Crippen molar-refractivity contribution in [2.75, 3.05) is 37.8 Å². The van der Waals surface area contributed by atoms with Crippen LogP contribution in [0.1, 0.15) is 30.1 Å². The van der Waals surface area contributed by atoms with Crippen molar-refractivity contribution in [2.24, 2.45) is 5.92 Å². The molecule has 104 valence electrons. The largest absolute Gasteiger partial charge is 0.399 e. The zero-order chi connectivity index (χ0) is 14.0. The first-order valence-corrected chi connectivity index (χ1v) is 6.85. The number of hydrogen-bond donors (Lipinski definition) is 1. The fourth-order valence-corrected chi connectivity index (χ4v) is 2.66. The van der Waals surface area contributed by atoms with Crippen LogP contribution in [0, 0.1) is 5.92 Å². The monoisotopic (exact) mass is 261 g/mol. The van der Waals surface area contributed by atoms with Crippen LogP contribution in [0.2, 0.25) is 0 Å². The molecule has 0 unspecified atom stereocenters. The third-order valence-corrected chi connectivity index (χ3v) is 3.68. The molecule has 19 heavy (non-hydrogen) atoms. The Balaban J connectivity index is 2.29. The van der Waals surface area contributed by atoms with E-state index in [-0.39, 0.29) is 5.91 Å². The second-order valence-corrected chi connectivity index (χ2v) is 5.67. The number of piperidine rings is 1. The number of likely N-dealkylation sites (tertiary alicyclic amines) is 1. The summed E-state index contributed by atoms with van der Waals surface area (Å²) in [5, 5.41) is 0. The summed E-state index contributed by atoms with van der Waals surface area (Å²) in [5.41, 5.74) is 8.11. The second-order valence-electron chi connectivity index (χ2n) is 5.67. The van der Waals surface area contributed by atoms with Gasteiger partial charge in [0.15, 0.2) is 0 Å². The van der Waals surface area contributed by atoms with Gasteiger partial charge in [0.05, 0.1) is 5.56 Å². The molecule has 0 aliphatic carbocycles. The molecule has 2 N–H and O–H groups in total. The Labute approximate surface area is 115 Å². The molecule has 0 radical (unpaired) electrons. The Morgan fingerprint density at radius 2 is 2.16 bits per heavy atom. The highest BCUT2D eigenvalue weighted by Gasteiger charge is 2.24. The van der Waals surface area contributed by atoms with Crippen LogP contribution in [0.4, 0.5) is 11.4 Å². The van der Waals surface area contributed by atoms with Gasteiger partial charge in [0, 0.05) is 38.6 Å². The molecular weight excluding hydrogens is 238 g/mol. The summed E-state index contributed by atoms with van der Waals surface area (Å²) in [5.74, 6) is 0.684. The molecule has 4 heteroatoms. The Morgan fingerprint density at radius 1 is 1.42 bits per heavy atom. The zero-order valence-electron chi connectivity index (χ0n) is 12.0. The molecule has 0 bridgehead atoms. The van der Waals surface area contributed by atoms with E-state index in [1.54, 1.807) is 6.07 Å². The molecule has 0 aromatic heterocycles. The summed E-state index contributed by atoms with van der Waals surface area (Å²) in [6, 6.07) is 5.54. The van der Waals surface area contributed by atoms with E-state index < -0.39 is 0 Å². The number of amides is 1. The molecule has 1 amide bonds. The van der Waals surface area contributed by atoms with Crippen LogP contribution in [0.3, 0.4) is 0 Å². The molecule has 1 aliphatic rings. The highest BCUT2D eigenvalue weighted by atomic mass is 16.2. The van der Waals surface area contributed by atoms with Crippen LogP contribution < -0.4 is 10.6 Å². The third kappa shape index (κ3) is 3.00. The maximum atomic E-state index is 12.7. The van der Waals surface area contributed by atoms with E-state index >= 15 is 0 Å². The fourth-order valence-electron chi connectivity index (χ4n) is 2.66. The standard InChI is InChI=1S/C15H23N3O/c1-11-5-4-8-18(10-11)15(19)13-9-12(16)6-7-14(13)17(2)3/h6-7,9,11H,4-5,8,10,16H2,1-3H3/t11-/m1/s1. The zero-order valence-corrected chi connectivity index (χ0v) is 12.0. The maximum Gasteiger partial charge on any atom is 0.256 e. The van der Waals surface area contributed by atoms with Crippen molar-refractivity contribution in [3.05, 3.63) is 23.8 Å². The van der Waals surface area contributed by atoms with Gasteiger partial charge < -0.3 is 15.5 Å². The number of nitrogens with zero attached hydrogens (tertiary/aromatic N) is 2. The van der Waals surface area contributed by atoms with Crippen molar-refractivity contribution in [1.82, 2.24) is 4.90 Å². The van der Waals surface area contributed by atoms with Crippen molar-refractivity contribution in [3.63, 3.8) is 0 Å². The lowest BCUT2D eigenvalue weighted by Crippen LogP contribution is -2.39. The van der Waals surface area contributed by atoms with Gasteiger partial charge in [0.1, 0.15) is 0 Å². The predicted octanol–water partition coefficient (Wildman–Crippen LogP) is 2.21. The number of rotatable bonds is 2. The molecule has 1 aromatic rings. The van der Waals surface area contributed by atoms with Gasteiger partial charge in [-0.15, -0.1) is 0 Å². The van der Waals surface area contributed by atoms with E-state index in [4.69, 9.17) is 5.73 Å². The number of hydrogen-bond acceptors (Lipinski definition) is 3. The van der Waals surface area contributed by atoms with E-state index in [1.165, 1.54) is 6.42 Å². The number of nitrogens with two attached hydrogens (primary N) is 1. The first-order valence-electron chi connectivity index (χ1n) is 6.85. The molecule has 2 rings (SSSR count). The minimum absolute atomic E-state index is 0.0996. The van der Waals surface area contributed by atoms with E-state index in [9.17, 15) is 4.79 Å². The third-order valence-electron chi connectivity index (χ3n) is 3.68. The topological polar surface area (TPSA) is 49.6 Å². The number of carbonyl (C=O) groups is 1. The Kier molecular flexibility index (Phi) is 3.98. The summed E-state index contributed by atoms with van der Waals surface area (Å²) in [4.78, 5) is 16.6. The van der Waals surface area contributed by atoms with Gasteiger partial charge in [-0.3, -0.25) is 4.79 Å². The fraction of sp³-hybridized carbons (Fsp3) is 0.533. The SMILES string of the molecule is C[C@@H]1CCCN(C(=O)c2cc(N)ccc2N(C)C)C1. The van der Waals surface area contributed by atoms with Crippen LogP contribution in [0.5, 0.6) is 0 Å². The minimum atomic E-state index is 0.0996. The van der Waals surface area contributed by atoms with Gasteiger partial charge in [-0.2, -0.15) is 0 Å². The molecule has 1 heterocycles. The quantitative estimate of drug-likeness (QED) is 0.830. The second kappa shape index (κ2) is 5.51. The summed E-state index contributed by atoms with van der Waals surface area (Å²) in [6.45, 7) is 3.90. The lowest BCUT2D eigenvalue weighted by atomic mass is 9.99. The molecule has 4 nitrogen and oxygen atoms in total. The molecule has 0 saturated carbocycles. The van der Waals surface area contributed by atoms with Crippen LogP contribution in [0.15, 0.2) is 18.2 Å². The van der Waals surface area contributed by atoms with Gasteiger partial charge in [-0.05, 0) is 37.0 Å². The molecule has 1 aromatic carbocycles. The number of carbonyl (C=O) groups excluding carboxylic acids is 1. The Morgan fingerprint density at radius 3 is 2.79 bits per heavy atom. The van der Waals surface area contributed by atoms with Crippen molar-refractivity contribution in [2.45, 2.75) is 19.8 Å². The van der Waals surface area contributed by atoms with Crippen LogP contribution in [-0.4, -0.2) is 38.0 Å². The lowest BCUT2D eigenvalue weighted by molar-refractivity contribution is 0.0684. The highest BCUT2D eigenvalue weighted by molar-refractivity contribution is 6.00. The average Bonchev–Trinajstić information content (AvgIpc) is 2.37. The van der Waals surface area contributed by atoms with Gasteiger partial charge in [0.2, 0.25) is 0 Å². The molecule has 1 aliphatic heterocycles. The summed E-state index contributed by atoms with van der Waals surface area (Å²) < 4.78 is 0. The van der Waals surface area contributed by atoms with Gasteiger partial charge in [-0.25, -0.2) is 0 Å². The molecule has 1 atom stereocenters. The van der Waals surface area contributed by atoms with Crippen LogP contribution >= 0.6 is 0 Å². The molecule has 1 saturated heterocycles. The molecule has 0 spiro atoms. The first kappa shape index (κ1) is 13.7. The number of benzene rings is 1. The van der Waals surface area contributed by atoms with Gasteiger partial charge in [0.25, 0.3) is 5.91 Å². The maximum absolute atomic E-state index is 12.7. The van der Waals surface area contributed by atoms with Crippen molar-refractivity contribution in [1.29, 1.82) is 0 Å². The normalized spacial score (nSPS) is 19.3. The van der Waals surface area contributed by atoms with Crippen molar-refractivity contribution < 1.29 is 4.79 Å².